The molecule has 8 heteroatoms. The molecule has 2 rings (SSSR count). The number of hydrogen-bond acceptors (Lipinski definition) is 4. The number of sulfone groups is 1. The lowest BCUT2D eigenvalue weighted by molar-refractivity contribution is -0.130. The summed E-state index contributed by atoms with van der Waals surface area (Å²) in [5, 5.41) is 2.63. The normalized spacial score (nSPS) is 22.5. The fourth-order valence-electron chi connectivity index (χ4n) is 2.15. The average molecular weight is 375 g/mol. The molecule has 1 heterocycles. The van der Waals surface area contributed by atoms with Gasteiger partial charge in [0.25, 0.3) is 5.91 Å². The van der Waals surface area contributed by atoms with Crippen molar-refractivity contribution in [3.05, 3.63) is 34.3 Å². The molecule has 1 N–H and O–H groups in total. The van der Waals surface area contributed by atoms with Gasteiger partial charge in [-0.2, -0.15) is 0 Å². The predicted octanol–water partition coefficient (Wildman–Crippen LogP) is 1.26. The number of nitrogens with one attached hydrogen (secondary N) is 1. The van der Waals surface area contributed by atoms with Crippen molar-refractivity contribution in [1.82, 2.24) is 10.2 Å². The van der Waals surface area contributed by atoms with Crippen molar-refractivity contribution < 1.29 is 18.0 Å². The number of hydrogen-bond donors (Lipinski definition) is 1. The Labute approximate surface area is 131 Å². The van der Waals surface area contributed by atoms with E-state index >= 15 is 0 Å². The summed E-state index contributed by atoms with van der Waals surface area (Å²) in [7, 11) is -3.25. The highest BCUT2D eigenvalue weighted by Crippen LogP contribution is 2.30. The molecule has 1 fully saturated rings. The van der Waals surface area contributed by atoms with Gasteiger partial charge in [-0.05, 0) is 24.6 Å². The molecule has 6 nitrogen and oxygen atoms in total. The molecule has 1 saturated heterocycles. The number of amides is 3. The van der Waals surface area contributed by atoms with E-state index in [0.29, 0.717) is 5.56 Å². The Bertz CT molecular complexity index is 704. The number of imide groups is 1. The largest absolute Gasteiger partial charge is 0.325 e. The number of rotatable bonds is 4. The molecule has 0 spiro atoms. The van der Waals surface area contributed by atoms with Gasteiger partial charge in [-0.25, -0.2) is 13.2 Å². The van der Waals surface area contributed by atoms with Crippen LogP contribution in [0.5, 0.6) is 0 Å². The molecule has 0 unspecified atom stereocenters. The van der Waals surface area contributed by atoms with E-state index in [1.807, 2.05) is 6.07 Å². The Morgan fingerprint density at radius 1 is 1.33 bits per heavy atom. The van der Waals surface area contributed by atoms with Crippen LogP contribution in [0, 0.1) is 0 Å². The van der Waals surface area contributed by atoms with E-state index in [1.165, 1.54) is 0 Å². The molecule has 0 aliphatic carbocycles. The minimum absolute atomic E-state index is 0.146. The third-order valence-electron chi connectivity index (χ3n) is 3.36. The fraction of sp³-hybridized carbons (Fsp3) is 0.385. The lowest BCUT2D eigenvalue weighted by Crippen LogP contribution is -2.41. The van der Waals surface area contributed by atoms with Crippen LogP contribution in [0.1, 0.15) is 12.5 Å². The number of urea groups is 1. The van der Waals surface area contributed by atoms with Gasteiger partial charge in [-0.3, -0.25) is 9.69 Å². The van der Waals surface area contributed by atoms with Crippen LogP contribution in [-0.2, 0) is 20.2 Å². The highest BCUT2D eigenvalue weighted by atomic mass is 79.9. The predicted molar refractivity (Wildman–Crippen MR) is 81.4 cm³/mol. The van der Waals surface area contributed by atoms with Crippen molar-refractivity contribution in [3.63, 3.8) is 0 Å². The number of carbonyl (C=O) groups excluding carboxylic acids is 2. The standard InChI is InChI=1S/C13H15BrN2O4S/c1-13(9-4-3-5-10(14)8-9)11(17)16(12(18)15-13)6-7-21(2,19)20/h3-5,8H,6-7H2,1-2H3,(H,15,18)/t13-/m0/s1. The molecule has 1 aromatic rings. The lowest BCUT2D eigenvalue weighted by atomic mass is 9.92. The molecule has 21 heavy (non-hydrogen) atoms. The SMILES string of the molecule is C[C@@]1(c2cccc(Br)c2)NC(=O)N(CCS(C)(=O)=O)C1=O. The molecule has 1 aliphatic heterocycles. The molecule has 0 aromatic heterocycles. The quantitative estimate of drug-likeness (QED) is 0.804. The Morgan fingerprint density at radius 2 is 2.00 bits per heavy atom. The second kappa shape index (κ2) is 5.42. The van der Waals surface area contributed by atoms with Gasteiger partial charge < -0.3 is 5.32 Å². The Morgan fingerprint density at radius 3 is 2.57 bits per heavy atom. The maximum Gasteiger partial charge on any atom is 0.325 e. The molecule has 0 bridgehead atoms. The summed E-state index contributed by atoms with van der Waals surface area (Å²) in [5.74, 6) is -0.699. The van der Waals surface area contributed by atoms with E-state index in [-0.39, 0.29) is 12.3 Å². The Kier molecular flexibility index (Phi) is 4.12. The molecule has 3 amide bonds. The fourth-order valence-corrected chi connectivity index (χ4v) is 3.07. The van der Waals surface area contributed by atoms with E-state index < -0.39 is 27.3 Å². The van der Waals surface area contributed by atoms with Crippen LogP contribution in [0.4, 0.5) is 4.79 Å². The van der Waals surface area contributed by atoms with E-state index in [9.17, 15) is 18.0 Å². The van der Waals surface area contributed by atoms with Crippen molar-refractivity contribution in [1.29, 1.82) is 0 Å². The van der Waals surface area contributed by atoms with Gasteiger partial charge in [0.05, 0.1) is 5.75 Å². The first-order valence-electron chi connectivity index (χ1n) is 6.21. The number of benzene rings is 1. The number of nitrogens with zero attached hydrogens (tertiary/aromatic N) is 1. The van der Waals surface area contributed by atoms with Crippen LogP contribution in [-0.4, -0.2) is 43.8 Å². The zero-order valence-corrected chi connectivity index (χ0v) is 14.0. The van der Waals surface area contributed by atoms with Crippen LogP contribution in [0.3, 0.4) is 0 Å². The highest BCUT2D eigenvalue weighted by molar-refractivity contribution is 9.10. The van der Waals surface area contributed by atoms with E-state index in [4.69, 9.17) is 0 Å². The minimum atomic E-state index is -3.25. The molecule has 114 valence electrons. The van der Waals surface area contributed by atoms with Gasteiger partial charge in [0.2, 0.25) is 0 Å². The molecular formula is C13H15BrN2O4S. The summed E-state index contributed by atoms with van der Waals surface area (Å²) in [4.78, 5) is 25.4. The average Bonchev–Trinajstić information content (AvgIpc) is 2.58. The van der Waals surface area contributed by atoms with Gasteiger partial charge in [0.15, 0.2) is 0 Å². The molecule has 1 aromatic carbocycles. The summed E-state index contributed by atoms with van der Waals surface area (Å²) in [6.45, 7) is 1.46. The van der Waals surface area contributed by atoms with E-state index in [2.05, 4.69) is 21.2 Å². The Hall–Kier alpha value is -1.41. The molecular weight excluding hydrogens is 360 g/mol. The highest BCUT2D eigenvalue weighted by Gasteiger charge is 2.48. The molecule has 0 saturated carbocycles. The van der Waals surface area contributed by atoms with Crippen LogP contribution >= 0.6 is 15.9 Å². The Balaban J connectivity index is 2.28. The topological polar surface area (TPSA) is 83.6 Å². The van der Waals surface area contributed by atoms with Crippen molar-refractivity contribution in [2.24, 2.45) is 0 Å². The van der Waals surface area contributed by atoms with E-state index in [1.54, 1.807) is 25.1 Å². The second-order valence-electron chi connectivity index (χ2n) is 5.15. The summed E-state index contributed by atoms with van der Waals surface area (Å²) in [5.41, 5.74) is -0.546. The van der Waals surface area contributed by atoms with Crippen LogP contribution < -0.4 is 5.32 Å². The first kappa shape index (κ1) is 16.0. The van der Waals surface area contributed by atoms with Crippen LogP contribution in [0.25, 0.3) is 0 Å². The van der Waals surface area contributed by atoms with Crippen LogP contribution in [0.2, 0.25) is 0 Å². The number of halogens is 1. The van der Waals surface area contributed by atoms with Crippen LogP contribution in [0.15, 0.2) is 28.7 Å². The van der Waals surface area contributed by atoms with Gasteiger partial charge in [-0.15, -0.1) is 0 Å². The summed E-state index contributed by atoms with van der Waals surface area (Å²) >= 11 is 3.32. The molecule has 0 radical (unpaired) electrons. The van der Waals surface area contributed by atoms with Crippen molar-refractivity contribution in [3.8, 4) is 0 Å². The first-order valence-corrected chi connectivity index (χ1v) is 9.07. The van der Waals surface area contributed by atoms with Gasteiger partial charge in [0, 0.05) is 17.3 Å². The van der Waals surface area contributed by atoms with Gasteiger partial charge in [-0.1, -0.05) is 28.1 Å². The van der Waals surface area contributed by atoms with Crippen molar-refractivity contribution in [2.75, 3.05) is 18.6 Å². The summed E-state index contributed by atoms with van der Waals surface area (Å²) in [6.07, 6.45) is 1.07. The third kappa shape index (κ3) is 3.26. The zero-order valence-electron chi connectivity index (χ0n) is 11.6. The molecule has 1 atom stereocenters. The van der Waals surface area contributed by atoms with Crippen molar-refractivity contribution in [2.45, 2.75) is 12.5 Å². The first-order chi connectivity index (χ1) is 9.63. The second-order valence-corrected chi connectivity index (χ2v) is 8.33. The zero-order chi connectivity index (χ0) is 15.8. The summed E-state index contributed by atoms with van der Waals surface area (Å²) < 4.78 is 23.2. The maximum absolute atomic E-state index is 12.5. The number of carbonyl (C=O) groups is 2. The monoisotopic (exact) mass is 374 g/mol. The molecule has 1 aliphatic rings. The maximum atomic E-state index is 12.5. The van der Waals surface area contributed by atoms with Gasteiger partial charge in [0.1, 0.15) is 15.4 Å². The minimum Gasteiger partial charge on any atom is -0.319 e. The van der Waals surface area contributed by atoms with Crippen molar-refractivity contribution >= 4 is 37.7 Å². The lowest BCUT2D eigenvalue weighted by Gasteiger charge is -2.22. The van der Waals surface area contributed by atoms with E-state index in [0.717, 1.165) is 15.6 Å². The third-order valence-corrected chi connectivity index (χ3v) is 4.78. The van der Waals surface area contributed by atoms with Gasteiger partial charge >= 0.3 is 6.03 Å². The summed E-state index contributed by atoms with van der Waals surface area (Å²) in [6, 6.07) is 6.49. The smallest absolute Gasteiger partial charge is 0.319 e.